The van der Waals surface area contributed by atoms with Crippen molar-refractivity contribution in [2.75, 3.05) is 24.7 Å². The summed E-state index contributed by atoms with van der Waals surface area (Å²) < 4.78 is 9.30. The Hall–Kier alpha value is -2.12. The topological polar surface area (TPSA) is 61.0 Å². The number of aryl methyl sites for hydroxylation is 1. The van der Waals surface area contributed by atoms with E-state index < -0.39 is 0 Å². The van der Waals surface area contributed by atoms with Crippen molar-refractivity contribution in [3.8, 4) is 5.82 Å². The van der Waals surface area contributed by atoms with Gasteiger partial charge in [-0.1, -0.05) is 0 Å². The van der Waals surface area contributed by atoms with Crippen LogP contribution in [-0.4, -0.2) is 50.1 Å². The first-order valence-corrected chi connectivity index (χ1v) is 7.90. The van der Waals surface area contributed by atoms with Gasteiger partial charge in [-0.3, -0.25) is 9.25 Å². The van der Waals surface area contributed by atoms with Crippen molar-refractivity contribution < 1.29 is 4.74 Å². The van der Waals surface area contributed by atoms with Crippen LogP contribution in [0.15, 0.2) is 24.5 Å². The molecule has 1 saturated heterocycles. The molecule has 0 N–H and O–H groups in total. The van der Waals surface area contributed by atoms with Crippen molar-refractivity contribution >= 4 is 28.5 Å². The van der Waals surface area contributed by atoms with Crippen LogP contribution in [0.25, 0.3) is 16.9 Å². The van der Waals surface area contributed by atoms with E-state index in [1.807, 2.05) is 29.9 Å². The van der Waals surface area contributed by atoms with Gasteiger partial charge in [-0.2, -0.15) is 15.1 Å². The molecule has 1 aliphatic rings. The van der Waals surface area contributed by atoms with Gasteiger partial charge in [-0.25, -0.2) is 0 Å². The second kappa shape index (κ2) is 5.50. The zero-order valence-electron chi connectivity index (χ0n) is 13.0. The van der Waals surface area contributed by atoms with Crippen LogP contribution in [0.3, 0.4) is 0 Å². The van der Waals surface area contributed by atoms with Gasteiger partial charge in [0.15, 0.2) is 5.65 Å². The molecule has 1 fully saturated rings. The lowest BCUT2D eigenvalue weighted by atomic mass is 10.2. The summed E-state index contributed by atoms with van der Waals surface area (Å²) in [6.45, 7) is 4.29. The number of anilines is 1. The number of aromatic nitrogens is 5. The summed E-state index contributed by atoms with van der Waals surface area (Å²) in [4.78, 5) is 11.1. The molecule has 0 unspecified atom stereocenters. The zero-order chi connectivity index (χ0) is 16.0. The molecule has 1 aliphatic heterocycles. The van der Waals surface area contributed by atoms with Gasteiger partial charge < -0.3 is 9.64 Å². The van der Waals surface area contributed by atoms with Gasteiger partial charge in [0.25, 0.3) is 0 Å². The lowest BCUT2D eigenvalue weighted by molar-refractivity contribution is 0.0987. The zero-order valence-corrected chi connectivity index (χ0v) is 13.7. The second-order valence-electron chi connectivity index (χ2n) is 5.67. The highest BCUT2D eigenvalue weighted by molar-refractivity contribution is 6.28. The summed E-state index contributed by atoms with van der Waals surface area (Å²) >= 11 is 6.20. The monoisotopic (exact) mass is 332 g/mol. The maximum absolute atomic E-state index is 6.20. The van der Waals surface area contributed by atoms with E-state index in [0.717, 1.165) is 29.2 Å². The average molecular weight is 333 g/mol. The van der Waals surface area contributed by atoms with Gasteiger partial charge in [-0.05, 0) is 24.6 Å². The normalized spacial score (nSPS) is 18.7. The molecule has 4 rings (SSSR count). The molecule has 0 radical (unpaired) electrons. The molecule has 0 saturated carbocycles. The summed E-state index contributed by atoms with van der Waals surface area (Å²) in [5.41, 5.74) is 0.780. The van der Waals surface area contributed by atoms with Gasteiger partial charge in [0.1, 0.15) is 11.6 Å². The number of rotatable bonds is 2. The van der Waals surface area contributed by atoms with Gasteiger partial charge >= 0.3 is 0 Å². The van der Waals surface area contributed by atoms with Crippen LogP contribution in [0.2, 0.25) is 5.28 Å². The van der Waals surface area contributed by atoms with Crippen molar-refractivity contribution in [3.63, 3.8) is 0 Å². The summed E-state index contributed by atoms with van der Waals surface area (Å²) in [6.07, 6.45) is 3.73. The Balaban J connectivity index is 1.90. The summed E-state index contributed by atoms with van der Waals surface area (Å²) in [5.74, 6) is 1.78. The molecule has 8 heteroatoms. The van der Waals surface area contributed by atoms with Crippen molar-refractivity contribution in [1.82, 2.24) is 24.3 Å². The Labute approximate surface area is 138 Å². The fraction of sp³-hybridized carbons (Fsp3) is 0.400. The van der Waals surface area contributed by atoms with Crippen LogP contribution in [-0.2, 0) is 11.8 Å². The van der Waals surface area contributed by atoms with Crippen molar-refractivity contribution in [2.24, 2.45) is 7.05 Å². The first kappa shape index (κ1) is 14.5. The second-order valence-corrected chi connectivity index (χ2v) is 6.01. The quantitative estimate of drug-likeness (QED) is 0.672. The Morgan fingerprint density at radius 3 is 2.91 bits per heavy atom. The van der Waals surface area contributed by atoms with Gasteiger partial charge in [-0.15, -0.1) is 0 Å². The molecule has 4 heterocycles. The van der Waals surface area contributed by atoms with Crippen molar-refractivity contribution in [2.45, 2.75) is 13.0 Å². The van der Waals surface area contributed by atoms with Crippen LogP contribution in [0, 0.1) is 0 Å². The van der Waals surface area contributed by atoms with E-state index in [1.54, 1.807) is 10.9 Å². The van der Waals surface area contributed by atoms with Crippen molar-refractivity contribution in [1.29, 1.82) is 0 Å². The average Bonchev–Trinajstić information content (AvgIpc) is 3.13. The molecule has 0 aliphatic carbocycles. The molecule has 3 aromatic rings. The van der Waals surface area contributed by atoms with Crippen LogP contribution in [0.4, 0.5) is 5.82 Å². The molecular weight excluding hydrogens is 316 g/mol. The minimum atomic E-state index is 0.244. The third kappa shape index (κ3) is 2.36. The highest BCUT2D eigenvalue weighted by Gasteiger charge is 2.24. The lowest BCUT2D eigenvalue weighted by Crippen LogP contribution is -2.44. The van der Waals surface area contributed by atoms with Crippen LogP contribution >= 0.6 is 11.6 Å². The first-order valence-electron chi connectivity index (χ1n) is 7.52. The Morgan fingerprint density at radius 1 is 1.30 bits per heavy atom. The van der Waals surface area contributed by atoms with Crippen LogP contribution in [0.1, 0.15) is 6.92 Å². The molecule has 3 aromatic heterocycles. The lowest BCUT2D eigenvalue weighted by Gasteiger charge is -2.34. The number of morpholine rings is 1. The van der Waals surface area contributed by atoms with Gasteiger partial charge in [0, 0.05) is 25.9 Å². The SMILES string of the molecule is C[C@@H]1COCCN1c1nc(Cl)nc2c1ccn2-c1ccnn1C. The van der Waals surface area contributed by atoms with Gasteiger partial charge in [0.2, 0.25) is 5.28 Å². The first-order chi connectivity index (χ1) is 11.1. The van der Waals surface area contributed by atoms with Crippen LogP contribution in [0.5, 0.6) is 0 Å². The Morgan fingerprint density at radius 2 is 2.17 bits per heavy atom. The number of nitrogens with zero attached hydrogens (tertiary/aromatic N) is 6. The minimum Gasteiger partial charge on any atom is -0.377 e. The summed E-state index contributed by atoms with van der Waals surface area (Å²) in [6, 6.07) is 4.21. The molecule has 0 bridgehead atoms. The molecule has 0 amide bonds. The third-order valence-electron chi connectivity index (χ3n) is 4.18. The molecule has 1 atom stereocenters. The standard InChI is InChI=1S/C15H17ClN6O/c1-10-9-23-8-7-21(10)13-11-4-6-22(12-3-5-17-20(12)2)14(11)19-15(16)18-13/h3-6,10H,7-9H2,1-2H3/t10-/m1/s1. The number of hydrogen-bond acceptors (Lipinski definition) is 5. The Kier molecular flexibility index (Phi) is 3.46. The highest BCUT2D eigenvalue weighted by atomic mass is 35.5. The highest BCUT2D eigenvalue weighted by Crippen LogP contribution is 2.30. The molecule has 0 spiro atoms. The maximum Gasteiger partial charge on any atom is 0.226 e. The third-order valence-corrected chi connectivity index (χ3v) is 4.35. The minimum absolute atomic E-state index is 0.244. The molecular formula is C15H17ClN6O. The number of fused-ring (bicyclic) bond motifs is 1. The van der Waals surface area contributed by atoms with E-state index in [9.17, 15) is 0 Å². The predicted molar refractivity (Wildman–Crippen MR) is 88.3 cm³/mol. The largest absolute Gasteiger partial charge is 0.377 e. The molecule has 0 aromatic carbocycles. The smallest absolute Gasteiger partial charge is 0.226 e. The maximum atomic E-state index is 6.20. The summed E-state index contributed by atoms with van der Waals surface area (Å²) in [7, 11) is 1.90. The van der Waals surface area contributed by atoms with Crippen molar-refractivity contribution in [3.05, 3.63) is 29.8 Å². The summed E-state index contributed by atoms with van der Waals surface area (Å²) in [5, 5.41) is 5.44. The molecule has 23 heavy (non-hydrogen) atoms. The van der Waals surface area contributed by atoms with E-state index in [4.69, 9.17) is 16.3 Å². The molecule has 120 valence electrons. The Bertz CT molecular complexity index is 857. The van der Waals surface area contributed by atoms with E-state index in [2.05, 4.69) is 26.9 Å². The predicted octanol–water partition coefficient (Wildman–Crippen LogP) is 2.03. The van der Waals surface area contributed by atoms with Crippen LogP contribution < -0.4 is 4.90 Å². The van der Waals surface area contributed by atoms with E-state index in [1.165, 1.54) is 0 Å². The fourth-order valence-corrected chi connectivity index (χ4v) is 3.18. The van der Waals surface area contributed by atoms with E-state index >= 15 is 0 Å². The van der Waals surface area contributed by atoms with E-state index in [-0.39, 0.29) is 11.3 Å². The number of hydrogen-bond donors (Lipinski definition) is 0. The fourth-order valence-electron chi connectivity index (χ4n) is 3.02. The van der Waals surface area contributed by atoms with Gasteiger partial charge in [0.05, 0.1) is 30.8 Å². The number of halogens is 1. The number of ether oxygens (including phenoxy) is 1. The molecule has 7 nitrogen and oxygen atoms in total. The van der Waals surface area contributed by atoms with E-state index in [0.29, 0.717) is 13.2 Å².